The van der Waals surface area contributed by atoms with Crippen molar-refractivity contribution in [1.29, 1.82) is 0 Å². The van der Waals surface area contributed by atoms with Crippen LogP contribution in [0.3, 0.4) is 0 Å². The van der Waals surface area contributed by atoms with Gasteiger partial charge in [-0.15, -0.1) is 0 Å². The van der Waals surface area contributed by atoms with Crippen LogP contribution in [0.5, 0.6) is 5.75 Å². The number of aromatic nitrogens is 2. The summed E-state index contributed by atoms with van der Waals surface area (Å²) in [4.78, 5) is 17.3. The number of ether oxygens (including phenoxy) is 1. The Labute approximate surface area is 171 Å². The van der Waals surface area contributed by atoms with Crippen molar-refractivity contribution in [2.45, 2.75) is 19.9 Å². The van der Waals surface area contributed by atoms with E-state index in [1.807, 2.05) is 35.2 Å². The number of benzene rings is 2. The maximum atomic E-state index is 13.0. The van der Waals surface area contributed by atoms with Gasteiger partial charge in [0.15, 0.2) is 0 Å². The summed E-state index contributed by atoms with van der Waals surface area (Å²) in [5.41, 5.74) is 4.62. The van der Waals surface area contributed by atoms with Gasteiger partial charge in [0, 0.05) is 36.9 Å². The van der Waals surface area contributed by atoms with Gasteiger partial charge in [0.2, 0.25) is 0 Å². The minimum absolute atomic E-state index is 0.0117. The van der Waals surface area contributed by atoms with Gasteiger partial charge in [-0.2, -0.15) is 5.10 Å². The molecule has 0 radical (unpaired) electrons. The van der Waals surface area contributed by atoms with Crippen molar-refractivity contribution in [1.82, 2.24) is 15.1 Å². The summed E-state index contributed by atoms with van der Waals surface area (Å²) < 4.78 is 5.27. The third-order valence-electron chi connectivity index (χ3n) is 5.42. The molecule has 2 aromatic carbocycles. The van der Waals surface area contributed by atoms with E-state index < -0.39 is 0 Å². The number of H-pyrrole nitrogens is 1. The molecule has 0 bridgehead atoms. The molecule has 1 N–H and O–H groups in total. The van der Waals surface area contributed by atoms with Gasteiger partial charge in [0.1, 0.15) is 11.4 Å². The van der Waals surface area contributed by atoms with E-state index in [0.29, 0.717) is 18.8 Å². The molecule has 6 nitrogen and oxygen atoms in total. The Morgan fingerprint density at radius 2 is 1.97 bits per heavy atom. The van der Waals surface area contributed by atoms with E-state index in [2.05, 4.69) is 53.2 Å². The molecule has 3 aromatic rings. The Morgan fingerprint density at radius 3 is 2.72 bits per heavy atom. The molecule has 1 fully saturated rings. The zero-order valence-corrected chi connectivity index (χ0v) is 17.1. The van der Waals surface area contributed by atoms with Crippen LogP contribution >= 0.6 is 0 Å². The molecule has 1 amide bonds. The molecule has 4 rings (SSSR count). The summed E-state index contributed by atoms with van der Waals surface area (Å²) >= 11 is 0. The number of rotatable bonds is 4. The molecule has 1 aliphatic rings. The number of nitrogens with zero attached hydrogens (tertiary/aromatic N) is 3. The molecule has 0 saturated carbocycles. The Bertz CT molecular complexity index is 1010. The highest BCUT2D eigenvalue weighted by molar-refractivity contribution is 5.93. The monoisotopic (exact) mass is 390 g/mol. The fourth-order valence-corrected chi connectivity index (χ4v) is 3.86. The maximum Gasteiger partial charge on any atom is 0.272 e. The minimum Gasteiger partial charge on any atom is -0.497 e. The largest absolute Gasteiger partial charge is 0.497 e. The number of anilines is 1. The van der Waals surface area contributed by atoms with Gasteiger partial charge in [-0.3, -0.25) is 9.89 Å². The summed E-state index contributed by atoms with van der Waals surface area (Å²) in [7, 11) is 1.64. The first-order chi connectivity index (χ1) is 14.0. The summed E-state index contributed by atoms with van der Waals surface area (Å²) in [5, 5.41) is 7.24. The fraction of sp³-hybridized carbons (Fsp3) is 0.304. The van der Waals surface area contributed by atoms with Crippen LogP contribution in [0.15, 0.2) is 54.6 Å². The molecule has 1 aromatic heterocycles. The van der Waals surface area contributed by atoms with Gasteiger partial charge in [-0.1, -0.05) is 24.3 Å². The van der Waals surface area contributed by atoms with Gasteiger partial charge in [-0.25, -0.2) is 0 Å². The van der Waals surface area contributed by atoms with Crippen molar-refractivity contribution in [3.8, 4) is 17.0 Å². The van der Waals surface area contributed by atoms with Crippen LogP contribution in [0.1, 0.15) is 23.0 Å². The molecule has 0 spiro atoms. The number of nitrogens with one attached hydrogen (secondary N) is 1. The average Bonchev–Trinajstić information content (AvgIpc) is 3.23. The molecule has 150 valence electrons. The molecular formula is C23H26N4O2. The second-order valence-corrected chi connectivity index (χ2v) is 7.53. The number of carbonyl (C=O) groups excluding carboxylic acids is 1. The second kappa shape index (κ2) is 7.99. The zero-order chi connectivity index (χ0) is 20.4. The standard InChI is InChI=1S/C23H26N4O2/c1-16-6-4-8-19(12-16)27-11-10-26(15-17(27)2)23(28)22-14-21(24-25-22)18-7-5-9-20(13-18)29-3/h4-9,12-14,17H,10-11,15H2,1-3H3,(H,24,25)/t17-/m1/s1. The second-order valence-electron chi connectivity index (χ2n) is 7.53. The molecule has 0 unspecified atom stereocenters. The zero-order valence-electron chi connectivity index (χ0n) is 17.1. The third-order valence-corrected chi connectivity index (χ3v) is 5.42. The summed E-state index contributed by atoms with van der Waals surface area (Å²) in [6.07, 6.45) is 0. The van der Waals surface area contributed by atoms with Gasteiger partial charge < -0.3 is 14.5 Å². The number of carbonyl (C=O) groups is 1. The highest BCUT2D eigenvalue weighted by atomic mass is 16.5. The minimum atomic E-state index is -0.0117. The van der Waals surface area contributed by atoms with E-state index in [4.69, 9.17) is 4.74 Å². The van der Waals surface area contributed by atoms with Crippen molar-refractivity contribution in [2.75, 3.05) is 31.6 Å². The van der Waals surface area contributed by atoms with Crippen LogP contribution in [-0.2, 0) is 0 Å². The lowest BCUT2D eigenvalue weighted by atomic mass is 10.1. The Balaban J connectivity index is 1.46. The van der Waals surface area contributed by atoms with E-state index in [0.717, 1.165) is 23.6 Å². The van der Waals surface area contributed by atoms with Gasteiger partial charge in [-0.05, 0) is 49.7 Å². The smallest absolute Gasteiger partial charge is 0.272 e. The lowest BCUT2D eigenvalue weighted by Crippen LogP contribution is -2.53. The van der Waals surface area contributed by atoms with E-state index >= 15 is 0 Å². The van der Waals surface area contributed by atoms with Crippen molar-refractivity contribution in [2.24, 2.45) is 0 Å². The van der Waals surface area contributed by atoms with E-state index in [9.17, 15) is 4.79 Å². The van der Waals surface area contributed by atoms with Crippen molar-refractivity contribution >= 4 is 11.6 Å². The summed E-state index contributed by atoms with van der Waals surface area (Å²) in [5.74, 6) is 0.752. The predicted octanol–water partition coefficient (Wildman–Crippen LogP) is 3.74. The summed E-state index contributed by atoms with van der Waals surface area (Å²) in [6.45, 7) is 6.45. The topological polar surface area (TPSA) is 61.5 Å². The molecular weight excluding hydrogens is 364 g/mol. The molecule has 2 heterocycles. The SMILES string of the molecule is COc1cccc(-c2cc(C(=O)N3CCN(c4cccc(C)c4)[C@H](C)C3)[nH]n2)c1. The van der Waals surface area contributed by atoms with Crippen LogP contribution in [0.2, 0.25) is 0 Å². The lowest BCUT2D eigenvalue weighted by molar-refractivity contribution is 0.0720. The van der Waals surface area contributed by atoms with Gasteiger partial charge in [0.05, 0.1) is 12.8 Å². The molecule has 1 saturated heterocycles. The van der Waals surface area contributed by atoms with Crippen LogP contribution < -0.4 is 9.64 Å². The van der Waals surface area contributed by atoms with Gasteiger partial charge >= 0.3 is 0 Å². The van der Waals surface area contributed by atoms with Crippen molar-refractivity contribution in [3.63, 3.8) is 0 Å². The number of aryl methyl sites for hydroxylation is 1. The first-order valence-electron chi connectivity index (χ1n) is 9.87. The Morgan fingerprint density at radius 1 is 1.14 bits per heavy atom. The van der Waals surface area contributed by atoms with E-state index in [1.165, 1.54) is 11.3 Å². The van der Waals surface area contributed by atoms with Crippen LogP contribution in [0.4, 0.5) is 5.69 Å². The number of hydrogen-bond donors (Lipinski definition) is 1. The number of piperazine rings is 1. The third kappa shape index (κ3) is 3.97. The van der Waals surface area contributed by atoms with Crippen molar-refractivity contribution in [3.05, 3.63) is 65.9 Å². The molecule has 29 heavy (non-hydrogen) atoms. The number of amides is 1. The molecule has 1 aliphatic heterocycles. The first kappa shape index (κ1) is 19.1. The van der Waals surface area contributed by atoms with Crippen LogP contribution in [-0.4, -0.2) is 53.8 Å². The number of methoxy groups -OCH3 is 1. The van der Waals surface area contributed by atoms with Crippen LogP contribution in [0.25, 0.3) is 11.3 Å². The quantitative estimate of drug-likeness (QED) is 0.737. The average molecular weight is 390 g/mol. The highest BCUT2D eigenvalue weighted by Crippen LogP contribution is 2.25. The Kier molecular flexibility index (Phi) is 5.25. The van der Waals surface area contributed by atoms with Crippen molar-refractivity contribution < 1.29 is 9.53 Å². The normalized spacial score (nSPS) is 16.7. The molecule has 6 heteroatoms. The van der Waals surface area contributed by atoms with Gasteiger partial charge in [0.25, 0.3) is 5.91 Å². The Hall–Kier alpha value is -3.28. The lowest BCUT2D eigenvalue weighted by Gasteiger charge is -2.41. The number of aromatic amines is 1. The summed E-state index contributed by atoms with van der Waals surface area (Å²) in [6, 6.07) is 18.2. The van der Waals surface area contributed by atoms with E-state index in [1.54, 1.807) is 7.11 Å². The molecule has 1 atom stereocenters. The maximum absolute atomic E-state index is 13.0. The number of hydrogen-bond acceptors (Lipinski definition) is 4. The first-order valence-corrected chi connectivity index (χ1v) is 9.87. The predicted molar refractivity (Wildman–Crippen MR) is 114 cm³/mol. The van der Waals surface area contributed by atoms with E-state index in [-0.39, 0.29) is 11.9 Å². The van der Waals surface area contributed by atoms with Crippen LogP contribution in [0, 0.1) is 6.92 Å². The highest BCUT2D eigenvalue weighted by Gasteiger charge is 2.28. The fourth-order valence-electron chi connectivity index (χ4n) is 3.86. The molecule has 0 aliphatic carbocycles.